The van der Waals surface area contributed by atoms with Crippen molar-refractivity contribution in [3.05, 3.63) is 29.8 Å². The smallest absolute Gasteiger partial charge is 0.410 e. The predicted molar refractivity (Wildman–Crippen MR) is 258 cm³/mol. The Kier molecular flexibility index (Phi) is 40.8. The Morgan fingerprint density at radius 3 is 1.27 bits per heavy atom. The van der Waals surface area contributed by atoms with Crippen LogP contribution in [0.2, 0.25) is 0 Å². The molecule has 1 aliphatic rings. The van der Waals surface area contributed by atoms with Gasteiger partial charge < -0.3 is 71.2 Å². The highest BCUT2D eigenvalue weighted by molar-refractivity contribution is 5.68. The number of benzene rings is 1. The molecule has 17 nitrogen and oxygen atoms in total. The van der Waals surface area contributed by atoms with Crippen LogP contribution < -0.4 is 4.74 Å². The lowest BCUT2D eigenvalue weighted by atomic mass is 10.0. The van der Waals surface area contributed by atoms with E-state index in [4.69, 9.17) is 66.3 Å². The normalized spacial score (nSPS) is 15.6. The van der Waals surface area contributed by atoms with Gasteiger partial charge in [-0.3, -0.25) is 4.90 Å². The quantitative estimate of drug-likeness (QED) is 0.0711. The van der Waals surface area contributed by atoms with Gasteiger partial charge in [0.15, 0.2) is 0 Å². The van der Waals surface area contributed by atoms with E-state index in [0.29, 0.717) is 178 Å². The van der Waals surface area contributed by atoms with Crippen molar-refractivity contribution < 1.29 is 71.1 Å². The molecule has 0 bridgehead atoms. The Morgan fingerprint density at radius 2 is 0.851 bits per heavy atom. The van der Waals surface area contributed by atoms with Crippen molar-refractivity contribution in [2.45, 2.75) is 84.7 Å². The number of amides is 1. The van der Waals surface area contributed by atoms with Crippen molar-refractivity contribution in [3.8, 4) is 5.75 Å². The van der Waals surface area contributed by atoms with Gasteiger partial charge in [0.25, 0.3) is 0 Å². The second-order valence-electron chi connectivity index (χ2n) is 17.0. The molecule has 67 heavy (non-hydrogen) atoms. The third-order valence-corrected chi connectivity index (χ3v) is 10.2. The van der Waals surface area contributed by atoms with Crippen molar-refractivity contribution in [1.82, 2.24) is 9.80 Å². The highest BCUT2D eigenvalue weighted by Gasteiger charge is 2.22. The number of hydrogen-bond donors (Lipinski definition) is 0. The SMILES string of the molecule is CCCCCCCCCc1ccc(OCCOCCOCCOCCOCCOCCOCCOCCOCCN2CCOCCOCCN(C(=O)OC(C)(C)C)CCOCCOCC2)cc1. The van der Waals surface area contributed by atoms with Gasteiger partial charge in [-0.2, -0.15) is 0 Å². The zero-order chi connectivity index (χ0) is 48.0. The van der Waals surface area contributed by atoms with Crippen LogP contribution in [0.5, 0.6) is 5.75 Å². The molecule has 0 aromatic heterocycles. The zero-order valence-corrected chi connectivity index (χ0v) is 42.2. The Balaban J connectivity index is 1.29. The minimum absolute atomic E-state index is 0.376. The Bertz CT molecular complexity index is 1190. The molecule has 0 atom stereocenters. The Hall–Kier alpha value is -2.23. The first-order chi connectivity index (χ1) is 32.9. The van der Waals surface area contributed by atoms with Gasteiger partial charge in [0.05, 0.1) is 159 Å². The second kappa shape index (κ2) is 44.9. The number of hydrogen-bond acceptors (Lipinski definition) is 16. The summed E-state index contributed by atoms with van der Waals surface area (Å²) in [6.45, 7) is 23.3. The third kappa shape index (κ3) is 40.2. The topological polar surface area (TPSA) is 153 Å². The van der Waals surface area contributed by atoms with E-state index in [1.165, 1.54) is 50.5 Å². The summed E-state index contributed by atoms with van der Waals surface area (Å²) in [4.78, 5) is 16.5. The van der Waals surface area contributed by atoms with Gasteiger partial charge >= 0.3 is 6.09 Å². The van der Waals surface area contributed by atoms with Gasteiger partial charge in [-0.1, -0.05) is 57.6 Å². The molecule has 0 unspecified atom stereocenters. The van der Waals surface area contributed by atoms with E-state index in [1.807, 2.05) is 20.8 Å². The molecule has 0 N–H and O–H groups in total. The molecule has 0 saturated carbocycles. The molecule has 2 rings (SSSR count). The maximum absolute atomic E-state index is 12.6. The number of carbonyl (C=O) groups excluding carboxylic acids is 1. The van der Waals surface area contributed by atoms with Gasteiger partial charge in [0.2, 0.25) is 0 Å². The Morgan fingerprint density at radius 1 is 0.478 bits per heavy atom. The van der Waals surface area contributed by atoms with Gasteiger partial charge in [-0.05, 0) is 51.3 Å². The van der Waals surface area contributed by atoms with Crippen LogP contribution in [0.3, 0.4) is 0 Å². The van der Waals surface area contributed by atoms with Crippen molar-refractivity contribution >= 4 is 6.09 Å². The summed E-state index contributed by atoms with van der Waals surface area (Å²) in [5.74, 6) is 0.882. The molecule has 1 aliphatic heterocycles. The highest BCUT2D eigenvalue weighted by Crippen LogP contribution is 2.15. The van der Waals surface area contributed by atoms with Crippen molar-refractivity contribution in [1.29, 1.82) is 0 Å². The number of unbranched alkanes of at least 4 members (excludes halogenated alkanes) is 6. The molecule has 0 radical (unpaired) electrons. The molecule has 0 spiro atoms. The first-order valence-electron chi connectivity index (χ1n) is 25.2. The summed E-state index contributed by atoms with van der Waals surface area (Å²) in [6.07, 6.45) is 10.1. The van der Waals surface area contributed by atoms with Gasteiger partial charge in [0, 0.05) is 32.7 Å². The summed E-state index contributed by atoms with van der Waals surface area (Å²) in [6, 6.07) is 8.45. The van der Waals surface area contributed by atoms with Gasteiger partial charge in [-0.25, -0.2) is 4.79 Å². The van der Waals surface area contributed by atoms with Gasteiger partial charge in [0.1, 0.15) is 18.0 Å². The summed E-state index contributed by atoms with van der Waals surface area (Å²) >= 11 is 0. The average molecular weight is 961 g/mol. The van der Waals surface area contributed by atoms with Crippen LogP contribution in [0.15, 0.2) is 24.3 Å². The fourth-order valence-electron chi connectivity index (χ4n) is 6.43. The largest absolute Gasteiger partial charge is 0.491 e. The third-order valence-electron chi connectivity index (χ3n) is 10.2. The van der Waals surface area contributed by atoms with Crippen LogP contribution >= 0.6 is 0 Å². The lowest BCUT2D eigenvalue weighted by Gasteiger charge is -2.27. The highest BCUT2D eigenvalue weighted by atomic mass is 16.6. The lowest BCUT2D eigenvalue weighted by Crippen LogP contribution is -2.40. The number of aryl methyl sites for hydroxylation is 1. The van der Waals surface area contributed by atoms with Crippen LogP contribution in [0.1, 0.15) is 78.2 Å². The minimum Gasteiger partial charge on any atom is -0.491 e. The van der Waals surface area contributed by atoms with E-state index < -0.39 is 5.60 Å². The number of ether oxygens (including phenoxy) is 14. The van der Waals surface area contributed by atoms with E-state index in [9.17, 15) is 4.79 Å². The average Bonchev–Trinajstić information content (AvgIpc) is 3.31. The predicted octanol–water partition coefficient (Wildman–Crippen LogP) is 6.11. The molecule has 1 fully saturated rings. The maximum Gasteiger partial charge on any atom is 0.410 e. The van der Waals surface area contributed by atoms with Crippen LogP contribution in [0.25, 0.3) is 0 Å². The maximum atomic E-state index is 12.6. The minimum atomic E-state index is -0.570. The van der Waals surface area contributed by atoms with Crippen molar-refractivity contribution in [3.63, 3.8) is 0 Å². The van der Waals surface area contributed by atoms with E-state index >= 15 is 0 Å². The fourth-order valence-corrected chi connectivity index (χ4v) is 6.43. The first-order valence-corrected chi connectivity index (χ1v) is 25.2. The molecule has 1 aromatic rings. The lowest BCUT2D eigenvalue weighted by molar-refractivity contribution is -0.0246. The van der Waals surface area contributed by atoms with E-state index in [0.717, 1.165) is 31.8 Å². The Labute approximate surface area is 404 Å². The fraction of sp³-hybridized carbons (Fsp3) is 0.860. The standard InChI is InChI=1S/C50H92N2O15/c1-5-6-7-8-9-10-11-12-47-13-15-48(16-14-47)66-46-45-65-44-43-64-42-41-63-40-39-62-38-37-61-36-35-60-34-33-59-32-31-56-24-19-51-17-22-54-27-29-57-25-20-52(49(53)67-50(2,3)4)21-26-58-30-28-55-23-18-51/h13-16H,5-12,17-46H2,1-4H3. The molecule has 1 aromatic carbocycles. The van der Waals surface area contributed by atoms with Crippen LogP contribution in [-0.2, 0) is 68.0 Å². The monoisotopic (exact) mass is 961 g/mol. The van der Waals surface area contributed by atoms with Crippen molar-refractivity contribution in [2.24, 2.45) is 0 Å². The molecular formula is C50H92N2O15. The summed E-state index contributed by atoms with van der Waals surface area (Å²) in [7, 11) is 0. The van der Waals surface area contributed by atoms with Crippen LogP contribution in [0.4, 0.5) is 4.79 Å². The van der Waals surface area contributed by atoms with Gasteiger partial charge in [-0.15, -0.1) is 0 Å². The first kappa shape index (κ1) is 60.9. The number of nitrogens with zero attached hydrogens (tertiary/aromatic N) is 2. The van der Waals surface area contributed by atoms with Crippen LogP contribution in [0, 0.1) is 0 Å². The van der Waals surface area contributed by atoms with E-state index in [-0.39, 0.29) is 6.09 Å². The molecule has 1 amide bonds. The van der Waals surface area contributed by atoms with E-state index in [1.54, 1.807) is 4.90 Å². The second-order valence-corrected chi connectivity index (χ2v) is 17.0. The van der Waals surface area contributed by atoms with Crippen molar-refractivity contribution in [2.75, 3.05) is 198 Å². The molecule has 1 saturated heterocycles. The number of rotatable bonds is 36. The summed E-state index contributed by atoms with van der Waals surface area (Å²) < 4.78 is 79.3. The summed E-state index contributed by atoms with van der Waals surface area (Å²) in [5.41, 5.74) is 0.807. The molecule has 0 aliphatic carbocycles. The van der Waals surface area contributed by atoms with E-state index in [2.05, 4.69) is 36.1 Å². The molecule has 392 valence electrons. The van der Waals surface area contributed by atoms with Crippen LogP contribution in [-0.4, -0.2) is 219 Å². The summed E-state index contributed by atoms with van der Waals surface area (Å²) in [5, 5.41) is 0. The molecule has 1 heterocycles. The zero-order valence-electron chi connectivity index (χ0n) is 42.2. The molecular weight excluding hydrogens is 869 g/mol. The number of carbonyl (C=O) groups is 1. The molecule has 17 heteroatoms.